The maximum Gasteiger partial charge on any atom is 0.245 e. The summed E-state index contributed by atoms with van der Waals surface area (Å²) in [4.78, 5) is 27.6. The Morgan fingerprint density at radius 3 is 2.77 bits per heavy atom. The monoisotopic (exact) mass is 412 g/mol. The summed E-state index contributed by atoms with van der Waals surface area (Å²) in [5.74, 6) is -1.48. The molecule has 2 unspecified atom stereocenters. The zero-order valence-electron chi connectivity index (χ0n) is 17.5. The van der Waals surface area contributed by atoms with Crippen LogP contribution in [-0.2, 0) is 9.59 Å². The van der Waals surface area contributed by atoms with Gasteiger partial charge in [0.25, 0.3) is 0 Å². The Bertz CT molecular complexity index is 913. The van der Waals surface area contributed by atoms with Gasteiger partial charge < -0.3 is 16.4 Å². The van der Waals surface area contributed by atoms with Crippen LogP contribution in [0.5, 0.6) is 0 Å². The number of rotatable bonds is 5. The standard InChI is InChI=1S/C23H29FN4O2/c1-3-26-19-12-15(24)11-18-20(19)27-22(30)23(18,2)28-10-9-16(17(13-28)21(25)29)14-7-5-4-6-8-14/h4-8,12,16-18,26H,3,9-11,13H2,1-2H3,(H2,25,29)(H,27,30)/t16?,17-,18?,23-/m0/s1. The molecule has 4 atom stereocenters. The summed E-state index contributed by atoms with van der Waals surface area (Å²) in [7, 11) is 0. The number of carbonyl (C=O) groups is 2. The number of primary amides is 1. The molecular formula is C23H29FN4O2. The first kappa shape index (κ1) is 20.6. The van der Waals surface area contributed by atoms with Crippen LogP contribution in [0.1, 0.15) is 38.2 Å². The Hall–Kier alpha value is -2.67. The van der Waals surface area contributed by atoms with E-state index in [1.807, 2.05) is 49.1 Å². The molecule has 1 aliphatic carbocycles. The first-order chi connectivity index (χ1) is 14.4. The lowest BCUT2D eigenvalue weighted by Crippen LogP contribution is -2.60. The summed E-state index contributed by atoms with van der Waals surface area (Å²) in [5, 5.41) is 6.15. The Labute approximate surface area is 176 Å². The predicted octanol–water partition coefficient (Wildman–Crippen LogP) is 2.16. The molecule has 2 saturated heterocycles. The molecule has 2 aliphatic heterocycles. The van der Waals surface area contributed by atoms with E-state index in [4.69, 9.17) is 5.73 Å². The second-order valence-electron chi connectivity index (χ2n) is 8.57. The average molecular weight is 413 g/mol. The third kappa shape index (κ3) is 3.31. The van der Waals surface area contributed by atoms with Crippen molar-refractivity contribution in [3.05, 3.63) is 59.2 Å². The topological polar surface area (TPSA) is 87.5 Å². The number of halogens is 1. The number of hydrogen-bond acceptors (Lipinski definition) is 4. The van der Waals surface area contributed by atoms with Crippen LogP contribution in [0.3, 0.4) is 0 Å². The number of fused-ring (bicyclic) bond motifs is 1. The van der Waals surface area contributed by atoms with Crippen molar-refractivity contribution in [2.24, 2.45) is 17.6 Å². The zero-order valence-corrected chi connectivity index (χ0v) is 17.5. The molecule has 0 bridgehead atoms. The molecule has 0 radical (unpaired) electrons. The molecule has 4 N–H and O–H groups in total. The molecule has 2 heterocycles. The van der Waals surface area contributed by atoms with Crippen LogP contribution < -0.4 is 16.4 Å². The number of likely N-dealkylation sites (tertiary alicyclic amines) is 1. The molecule has 2 amide bonds. The van der Waals surface area contributed by atoms with Crippen molar-refractivity contribution in [1.29, 1.82) is 0 Å². The lowest BCUT2D eigenvalue weighted by atomic mass is 9.74. The highest BCUT2D eigenvalue weighted by Gasteiger charge is 2.56. The lowest BCUT2D eigenvalue weighted by Gasteiger charge is -2.46. The van der Waals surface area contributed by atoms with Gasteiger partial charge in [-0.15, -0.1) is 0 Å². The molecule has 6 nitrogen and oxygen atoms in total. The highest BCUT2D eigenvalue weighted by atomic mass is 19.1. The third-order valence-corrected chi connectivity index (χ3v) is 6.96. The van der Waals surface area contributed by atoms with Gasteiger partial charge in [0.2, 0.25) is 11.8 Å². The number of piperidine rings is 1. The molecule has 1 aromatic carbocycles. The largest absolute Gasteiger partial charge is 0.384 e. The highest BCUT2D eigenvalue weighted by Crippen LogP contribution is 2.46. The molecule has 160 valence electrons. The second-order valence-corrected chi connectivity index (χ2v) is 8.57. The number of nitrogens with zero attached hydrogens (tertiary/aromatic N) is 1. The molecule has 2 fully saturated rings. The number of carbonyl (C=O) groups excluding carboxylic acids is 2. The van der Waals surface area contributed by atoms with Gasteiger partial charge >= 0.3 is 0 Å². The van der Waals surface area contributed by atoms with Crippen LogP contribution in [0, 0.1) is 11.8 Å². The maximum atomic E-state index is 14.5. The number of benzene rings is 1. The van der Waals surface area contributed by atoms with E-state index in [0.717, 1.165) is 11.3 Å². The first-order valence-corrected chi connectivity index (χ1v) is 10.6. The summed E-state index contributed by atoms with van der Waals surface area (Å²) >= 11 is 0. The van der Waals surface area contributed by atoms with Crippen molar-refractivity contribution >= 4 is 11.8 Å². The van der Waals surface area contributed by atoms with Crippen molar-refractivity contribution in [3.63, 3.8) is 0 Å². The van der Waals surface area contributed by atoms with Gasteiger partial charge in [0.05, 0.1) is 11.6 Å². The van der Waals surface area contributed by atoms with Gasteiger partial charge in [-0.1, -0.05) is 30.3 Å². The second kappa shape index (κ2) is 7.87. The van der Waals surface area contributed by atoms with E-state index in [9.17, 15) is 14.0 Å². The van der Waals surface area contributed by atoms with Gasteiger partial charge in [0.15, 0.2) is 0 Å². The minimum atomic E-state index is -0.934. The first-order valence-electron chi connectivity index (χ1n) is 10.6. The van der Waals surface area contributed by atoms with Crippen LogP contribution >= 0.6 is 0 Å². The van der Waals surface area contributed by atoms with Crippen LogP contribution in [0.4, 0.5) is 4.39 Å². The average Bonchev–Trinajstić information content (AvgIpc) is 3.00. The smallest absolute Gasteiger partial charge is 0.245 e. The van der Waals surface area contributed by atoms with E-state index in [1.165, 1.54) is 6.08 Å². The van der Waals surface area contributed by atoms with E-state index in [1.54, 1.807) is 0 Å². The van der Waals surface area contributed by atoms with Gasteiger partial charge in [-0.05, 0) is 44.4 Å². The fourth-order valence-electron chi connectivity index (χ4n) is 5.28. The van der Waals surface area contributed by atoms with E-state index >= 15 is 0 Å². The molecule has 3 aliphatic rings. The summed E-state index contributed by atoms with van der Waals surface area (Å²) in [5.41, 5.74) is 7.32. The maximum absolute atomic E-state index is 14.5. The number of likely N-dealkylation sites (N-methyl/N-ethyl adjacent to an activating group) is 1. The van der Waals surface area contributed by atoms with Gasteiger partial charge in [-0.3, -0.25) is 14.5 Å². The van der Waals surface area contributed by atoms with Gasteiger partial charge in [-0.25, -0.2) is 4.39 Å². The Balaban J connectivity index is 1.65. The van der Waals surface area contributed by atoms with Crippen LogP contribution in [0.2, 0.25) is 0 Å². The lowest BCUT2D eigenvalue weighted by molar-refractivity contribution is -0.135. The molecule has 7 heteroatoms. The summed E-state index contributed by atoms with van der Waals surface area (Å²) in [6.07, 6.45) is 2.35. The molecular weight excluding hydrogens is 383 g/mol. The Kier molecular flexibility index (Phi) is 5.40. The van der Waals surface area contributed by atoms with Gasteiger partial charge in [0.1, 0.15) is 11.4 Å². The van der Waals surface area contributed by atoms with E-state index in [0.29, 0.717) is 31.8 Å². The van der Waals surface area contributed by atoms with E-state index < -0.39 is 11.5 Å². The Morgan fingerprint density at radius 1 is 1.37 bits per heavy atom. The third-order valence-electron chi connectivity index (χ3n) is 6.96. The molecule has 0 saturated carbocycles. The summed E-state index contributed by atoms with van der Waals surface area (Å²) < 4.78 is 14.5. The molecule has 0 aromatic heterocycles. The number of nitrogens with two attached hydrogens (primary N) is 1. The van der Waals surface area contributed by atoms with Crippen LogP contribution in [0.25, 0.3) is 0 Å². The molecule has 4 rings (SSSR count). The van der Waals surface area contributed by atoms with E-state index in [2.05, 4.69) is 10.6 Å². The molecule has 0 spiro atoms. The number of hydrogen-bond donors (Lipinski definition) is 3. The fraction of sp³-hybridized carbons (Fsp3) is 0.478. The number of allylic oxidation sites excluding steroid dienone is 2. The van der Waals surface area contributed by atoms with Gasteiger partial charge in [0, 0.05) is 31.1 Å². The van der Waals surface area contributed by atoms with Crippen molar-refractivity contribution < 1.29 is 14.0 Å². The molecule has 30 heavy (non-hydrogen) atoms. The van der Waals surface area contributed by atoms with Crippen LogP contribution in [-0.4, -0.2) is 41.9 Å². The van der Waals surface area contributed by atoms with Gasteiger partial charge in [-0.2, -0.15) is 0 Å². The number of nitrogens with one attached hydrogen (secondary N) is 2. The van der Waals surface area contributed by atoms with E-state index in [-0.39, 0.29) is 35.9 Å². The van der Waals surface area contributed by atoms with Crippen LogP contribution in [0.15, 0.2) is 53.6 Å². The summed E-state index contributed by atoms with van der Waals surface area (Å²) in [6, 6.07) is 9.91. The van der Waals surface area contributed by atoms with Crippen molar-refractivity contribution in [3.8, 4) is 0 Å². The summed E-state index contributed by atoms with van der Waals surface area (Å²) in [6.45, 7) is 5.45. The number of amides is 2. The SMILES string of the molecule is CCNC1=C2NC(=O)[C@@](C)(N3CCC(c4ccccc4)[C@@H](C(N)=O)C3)C2CC(F)=C1. The minimum Gasteiger partial charge on any atom is -0.384 e. The minimum absolute atomic E-state index is 0.0170. The van der Waals surface area contributed by atoms with Crippen molar-refractivity contribution in [2.75, 3.05) is 19.6 Å². The predicted molar refractivity (Wildman–Crippen MR) is 113 cm³/mol. The fourth-order valence-corrected chi connectivity index (χ4v) is 5.28. The van der Waals surface area contributed by atoms with Crippen molar-refractivity contribution in [2.45, 2.75) is 38.1 Å². The highest BCUT2D eigenvalue weighted by molar-refractivity contribution is 5.92. The quantitative estimate of drug-likeness (QED) is 0.692. The molecule has 1 aromatic rings. The zero-order chi connectivity index (χ0) is 21.5. The Morgan fingerprint density at radius 2 is 2.10 bits per heavy atom. The normalized spacial score (nSPS) is 31.8. The van der Waals surface area contributed by atoms with Crippen molar-refractivity contribution in [1.82, 2.24) is 15.5 Å².